The van der Waals surface area contributed by atoms with E-state index >= 15 is 0 Å². The molecule has 1 aromatic heterocycles. The van der Waals surface area contributed by atoms with Crippen LogP contribution in [-0.2, 0) is 58.6 Å². The Bertz CT molecular complexity index is 1770. The summed E-state index contributed by atoms with van der Waals surface area (Å²) < 4.78 is 0. The van der Waals surface area contributed by atoms with Crippen LogP contribution in [0.3, 0.4) is 0 Å². The van der Waals surface area contributed by atoms with E-state index in [4.69, 9.17) is 4.98 Å². The average molecular weight is 807 g/mol. The second-order valence-corrected chi connectivity index (χ2v) is 12.3. The van der Waals surface area contributed by atoms with Gasteiger partial charge in [0.2, 0.25) is 0 Å². The first kappa shape index (κ1) is 34.0. The Morgan fingerprint density at radius 3 is 1.16 bits per heavy atom. The molecule has 0 saturated heterocycles. The second kappa shape index (κ2) is 17.0. The molecule has 0 N–H and O–H groups in total. The normalized spacial score (nSPS) is 10.8. The Hall–Kier alpha value is -4.88. The number of hydrogen-bond donors (Lipinski definition) is 0. The molecule has 0 unspecified atom stereocenters. The molecular weight excluding hydrogens is 771 g/mol. The summed E-state index contributed by atoms with van der Waals surface area (Å²) in [4.78, 5) is 4.73. The average Bonchev–Trinajstić information content (AvgIpc) is 3.17. The molecule has 7 rings (SSSR count). The zero-order chi connectivity index (χ0) is 32.4. The van der Waals surface area contributed by atoms with Crippen LogP contribution in [-0.4, -0.2) is 4.98 Å². The molecule has 49 heavy (non-hydrogen) atoms. The summed E-state index contributed by atoms with van der Waals surface area (Å²) in [6.07, 6.45) is 7.89. The van der Waals surface area contributed by atoms with Gasteiger partial charge in [0, 0.05) is 26.3 Å². The minimum atomic E-state index is 0. The topological polar surface area (TPSA) is 12.9 Å². The minimum absolute atomic E-state index is 0. The van der Waals surface area contributed by atoms with Crippen LogP contribution in [0.5, 0.6) is 0 Å². The number of nitrogens with zero attached hydrogens (tertiary/aromatic N) is 1. The number of benzene rings is 6. The van der Waals surface area contributed by atoms with E-state index in [9.17, 15) is 0 Å². The first-order chi connectivity index (χ1) is 23.7. The van der Waals surface area contributed by atoms with Gasteiger partial charge in [-0.1, -0.05) is 43.2 Å². The van der Waals surface area contributed by atoms with Crippen molar-refractivity contribution in [3.8, 4) is 33.5 Å². The van der Waals surface area contributed by atoms with Crippen LogP contribution in [0.15, 0.2) is 146 Å². The Morgan fingerprint density at radius 2 is 0.776 bits per heavy atom. The Kier molecular flexibility index (Phi) is 11.8. The fourth-order valence-electron chi connectivity index (χ4n) is 6.10. The van der Waals surface area contributed by atoms with Crippen LogP contribution in [0.4, 0.5) is 0 Å². The van der Waals surface area contributed by atoms with Crippen LogP contribution in [0.25, 0.3) is 33.5 Å². The maximum absolute atomic E-state index is 4.73. The number of pyridine rings is 1. The number of aromatic nitrogens is 1. The first-order valence-corrected chi connectivity index (χ1v) is 16.7. The third-order valence-electron chi connectivity index (χ3n) is 8.78. The van der Waals surface area contributed by atoms with Crippen molar-refractivity contribution in [1.29, 1.82) is 0 Å². The smallest absolute Gasteiger partial charge is 0.0192 e. The Morgan fingerprint density at radius 1 is 0.367 bits per heavy atom. The number of hydrogen-bond acceptors (Lipinski definition) is 1. The van der Waals surface area contributed by atoms with Gasteiger partial charge in [0.15, 0.2) is 0 Å². The van der Waals surface area contributed by atoms with Crippen molar-refractivity contribution in [1.82, 2.24) is 4.98 Å². The number of aryl methyl sites for hydroxylation is 6. The summed E-state index contributed by atoms with van der Waals surface area (Å²) >= 11 is 0. The van der Waals surface area contributed by atoms with Crippen LogP contribution >= 0.6 is 0 Å². The van der Waals surface area contributed by atoms with E-state index < -0.39 is 0 Å². The van der Waals surface area contributed by atoms with Crippen molar-refractivity contribution in [2.75, 3.05) is 0 Å². The molecule has 0 spiro atoms. The molecule has 0 atom stereocenters. The fraction of sp³-hybridized carbons (Fsp3) is 0.128. The molecule has 1 heterocycles. The van der Waals surface area contributed by atoms with Gasteiger partial charge in [-0.2, -0.15) is 97.1 Å². The van der Waals surface area contributed by atoms with Crippen LogP contribution in [0.2, 0.25) is 0 Å². The van der Waals surface area contributed by atoms with E-state index in [1.165, 1.54) is 33.4 Å². The van der Waals surface area contributed by atoms with Gasteiger partial charge in [-0.05, 0) is 53.6 Å². The maximum atomic E-state index is 4.73. The zero-order valence-corrected chi connectivity index (χ0v) is 29.8. The molecule has 0 fully saturated rings. The monoisotopic (exact) mass is 807 g/mol. The summed E-state index contributed by atoms with van der Waals surface area (Å²) in [6.45, 7) is 0. The Balaban J connectivity index is 0.00000417. The molecule has 0 aliphatic heterocycles. The summed E-state index contributed by atoms with van der Waals surface area (Å²) in [5.74, 6) is 0. The maximum Gasteiger partial charge on any atom is 0.0192 e. The Labute approximate surface area is 305 Å². The van der Waals surface area contributed by atoms with Gasteiger partial charge < -0.3 is 4.98 Å². The van der Waals surface area contributed by atoms with Crippen molar-refractivity contribution < 1.29 is 20.1 Å². The molecule has 6 aromatic carbocycles. The molecule has 0 saturated carbocycles. The van der Waals surface area contributed by atoms with Crippen molar-refractivity contribution >= 4 is 0 Å². The summed E-state index contributed by atoms with van der Waals surface area (Å²) in [5.41, 5.74) is 14.3. The van der Waals surface area contributed by atoms with Gasteiger partial charge in [0.05, 0.1) is 0 Å². The third-order valence-corrected chi connectivity index (χ3v) is 8.78. The van der Waals surface area contributed by atoms with E-state index in [2.05, 4.69) is 115 Å². The third kappa shape index (κ3) is 9.39. The van der Waals surface area contributed by atoms with Gasteiger partial charge in [-0.25, -0.2) is 22.3 Å². The van der Waals surface area contributed by atoms with Crippen LogP contribution in [0.1, 0.15) is 33.4 Å². The predicted octanol–water partition coefficient (Wildman–Crippen LogP) is 10.4. The number of rotatable bonds is 12. The van der Waals surface area contributed by atoms with Crippen LogP contribution < -0.4 is 0 Å². The molecule has 0 aliphatic carbocycles. The standard InChI is InChI=1S/C47H36N.Ir/c1-4-10-42(11-5-1)44-27-22-36(23-28-44)16-19-39-32-40(20-17-37-24-29-45(30-25-37)43-12-6-2-7-13-43)34-41(33-39)21-18-38-26-31-47(48-35-38)46-14-8-3-9-15-46;/h1-10,12,14,22-27,29,31-35H,16-21H2;/q-5;. The van der Waals surface area contributed by atoms with Crippen LogP contribution in [0, 0.1) is 30.3 Å². The molecule has 0 amide bonds. The molecule has 1 radical (unpaired) electrons. The predicted molar refractivity (Wildman–Crippen MR) is 196 cm³/mol. The van der Waals surface area contributed by atoms with Crippen molar-refractivity contribution in [2.45, 2.75) is 38.5 Å². The molecule has 2 heteroatoms. The first-order valence-electron chi connectivity index (χ1n) is 16.7. The molecule has 243 valence electrons. The van der Waals surface area contributed by atoms with E-state index in [1.807, 2.05) is 60.8 Å². The van der Waals surface area contributed by atoms with Crippen molar-refractivity contribution in [2.24, 2.45) is 0 Å². The van der Waals surface area contributed by atoms with E-state index in [0.29, 0.717) is 0 Å². The van der Waals surface area contributed by atoms with Gasteiger partial charge in [-0.3, -0.25) is 0 Å². The molecule has 0 aliphatic rings. The van der Waals surface area contributed by atoms with Crippen molar-refractivity contribution in [3.63, 3.8) is 0 Å². The van der Waals surface area contributed by atoms with Gasteiger partial charge in [-0.15, -0.1) is 59.2 Å². The molecule has 1 nitrogen and oxygen atoms in total. The quantitative estimate of drug-likeness (QED) is 0.112. The van der Waals surface area contributed by atoms with Gasteiger partial charge in [0.1, 0.15) is 0 Å². The summed E-state index contributed by atoms with van der Waals surface area (Å²) in [7, 11) is 0. The largest absolute Gasteiger partial charge is 0.304 e. The van der Waals surface area contributed by atoms with Gasteiger partial charge >= 0.3 is 0 Å². The van der Waals surface area contributed by atoms with Gasteiger partial charge in [0.25, 0.3) is 0 Å². The van der Waals surface area contributed by atoms with Crippen molar-refractivity contribution in [3.05, 3.63) is 209 Å². The fourth-order valence-corrected chi connectivity index (χ4v) is 6.10. The second-order valence-electron chi connectivity index (χ2n) is 12.3. The van der Waals surface area contributed by atoms with E-state index in [-0.39, 0.29) is 20.1 Å². The molecule has 7 aromatic rings. The summed E-state index contributed by atoms with van der Waals surface area (Å²) in [6, 6.07) is 65.6. The summed E-state index contributed by atoms with van der Waals surface area (Å²) in [5, 5.41) is 0. The SMILES string of the molecule is [Ir].[c-]1ccccc1-c1[c-]cc(CCc2cc(CCc3c[c-]c(-c4[c-]cccc4)cc3)cc(CCc3ccc(-c4[c-]cccc4)nc3)c2)cc1. The zero-order valence-electron chi connectivity index (χ0n) is 27.4. The molecule has 0 bridgehead atoms. The van der Waals surface area contributed by atoms with E-state index in [1.54, 1.807) is 0 Å². The molecular formula is C47H36IrN-5. The van der Waals surface area contributed by atoms with E-state index in [0.717, 1.165) is 72.0 Å². The minimum Gasteiger partial charge on any atom is -0.304 e.